The van der Waals surface area contributed by atoms with Crippen molar-refractivity contribution in [2.75, 3.05) is 6.61 Å². The molecule has 78 valence electrons. The highest BCUT2D eigenvalue weighted by molar-refractivity contribution is 6.16. The SMILES string of the molecule is C=C/C=C(/C(=O)OCC)c1ccccc1. The van der Waals surface area contributed by atoms with Gasteiger partial charge in [-0.2, -0.15) is 0 Å². The zero-order valence-corrected chi connectivity index (χ0v) is 8.77. The minimum atomic E-state index is -0.316. The van der Waals surface area contributed by atoms with E-state index in [0.29, 0.717) is 12.2 Å². The van der Waals surface area contributed by atoms with Gasteiger partial charge in [-0.15, -0.1) is 0 Å². The van der Waals surface area contributed by atoms with E-state index in [-0.39, 0.29) is 5.97 Å². The van der Waals surface area contributed by atoms with Gasteiger partial charge in [0.15, 0.2) is 0 Å². The Bertz CT molecular complexity index is 363. The first-order chi connectivity index (χ1) is 7.29. The summed E-state index contributed by atoms with van der Waals surface area (Å²) in [6.45, 7) is 5.75. The van der Waals surface area contributed by atoms with Crippen LogP contribution in [0.2, 0.25) is 0 Å². The number of hydrogen-bond acceptors (Lipinski definition) is 2. The molecule has 0 aliphatic rings. The fraction of sp³-hybridized carbons (Fsp3) is 0.154. The van der Waals surface area contributed by atoms with E-state index in [1.807, 2.05) is 30.3 Å². The largest absolute Gasteiger partial charge is 0.462 e. The number of allylic oxidation sites excluding steroid dienone is 2. The maximum absolute atomic E-state index is 11.6. The molecule has 0 heterocycles. The fourth-order valence-corrected chi connectivity index (χ4v) is 1.23. The van der Waals surface area contributed by atoms with E-state index in [1.165, 1.54) is 0 Å². The molecule has 0 fully saturated rings. The molecule has 0 aliphatic heterocycles. The van der Waals surface area contributed by atoms with Crippen molar-refractivity contribution in [3.63, 3.8) is 0 Å². The summed E-state index contributed by atoms with van der Waals surface area (Å²) < 4.78 is 4.96. The Balaban J connectivity index is 2.99. The first kappa shape index (κ1) is 11.2. The number of esters is 1. The van der Waals surface area contributed by atoms with E-state index in [9.17, 15) is 4.79 Å². The summed E-state index contributed by atoms with van der Waals surface area (Å²) in [7, 11) is 0. The van der Waals surface area contributed by atoms with Gasteiger partial charge in [0.1, 0.15) is 0 Å². The van der Waals surface area contributed by atoms with Crippen LogP contribution in [-0.4, -0.2) is 12.6 Å². The van der Waals surface area contributed by atoms with Crippen molar-refractivity contribution < 1.29 is 9.53 Å². The van der Waals surface area contributed by atoms with E-state index < -0.39 is 0 Å². The number of carbonyl (C=O) groups excluding carboxylic acids is 1. The van der Waals surface area contributed by atoms with Crippen molar-refractivity contribution in [1.82, 2.24) is 0 Å². The molecule has 0 atom stereocenters. The van der Waals surface area contributed by atoms with Crippen LogP contribution in [-0.2, 0) is 9.53 Å². The van der Waals surface area contributed by atoms with Crippen LogP contribution in [0.1, 0.15) is 12.5 Å². The molecule has 0 spiro atoms. The van der Waals surface area contributed by atoms with Gasteiger partial charge in [0.25, 0.3) is 0 Å². The molecule has 1 aromatic carbocycles. The predicted octanol–water partition coefficient (Wildman–Crippen LogP) is 2.82. The van der Waals surface area contributed by atoms with Crippen LogP contribution < -0.4 is 0 Å². The minimum absolute atomic E-state index is 0.316. The van der Waals surface area contributed by atoms with Crippen LogP contribution in [0.25, 0.3) is 5.57 Å². The van der Waals surface area contributed by atoms with Gasteiger partial charge in [-0.05, 0) is 18.6 Å². The first-order valence-electron chi connectivity index (χ1n) is 4.84. The van der Waals surface area contributed by atoms with Gasteiger partial charge in [0.2, 0.25) is 0 Å². The number of carbonyl (C=O) groups is 1. The zero-order valence-electron chi connectivity index (χ0n) is 8.77. The first-order valence-corrected chi connectivity index (χ1v) is 4.84. The van der Waals surface area contributed by atoms with Gasteiger partial charge in [-0.25, -0.2) is 4.79 Å². The molecule has 1 rings (SSSR count). The Morgan fingerprint density at radius 1 is 1.40 bits per heavy atom. The van der Waals surface area contributed by atoms with Crippen molar-refractivity contribution in [1.29, 1.82) is 0 Å². The summed E-state index contributed by atoms with van der Waals surface area (Å²) in [4.78, 5) is 11.6. The van der Waals surface area contributed by atoms with Crippen LogP contribution in [0.15, 0.2) is 49.1 Å². The predicted molar refractivity (Wildman–Crippen MR) is 61.2 cm³/mol. The molecule has 2 nitrogen and oxygen atoms in total. The lowest BCUT2D eigenvalue weighted by molar-refractivity contribution is -0.136. The lowest BCUT2D eigenvalue weighted by atomic mass is 10.1. The maximum Gasteiger partial charge on any atom is 0.338 e. The van der Waals surface area contributed by atoms with Crippen LogP contribution in [0.3, 0.4) is 0 Å². The second kappa shape index (κ2) is 5.81. The standard InChI is InChI=1S/C13H14O2/c1-3-8-12(13(14)15-4-2)11-9-6-5-7-10-11/h3,5-10H,1,4H2,2H3/b12-8+. The van der Waals surface area contributed by atoms with Crippen molar-refractivity contribution in [3.05, 3.63) is 54.6 Å². The summed E-state index contributed by atoms with van der Waals surface area (Å²) in [5, 5.41) is 0. The number of rotatable bonds is 4. The fourth-order valence-electron chi connectivity index (χ4n) is 1.23. The molecule has 0 amide bonds. The molecule has 0 N–H and O–H groups in total. The van der Waals surface area contributed by atoms with Crippen LogP contribution in [0, 0.1) is 0 Å². The van der Waals surface area contributed by atoms with Gasteiger partial charge in [0.05, 0.1) is 12.2 Å². The molecule has 0 aliphatic carbocycles. The van der Waals surface area contributed by atoms with Crippen molar-refractivity contribution >= 4 is 11.5 Å². The average molecular weight is 202 g/mol. The number of benzene rings is 1. The second-order valence-corrected chi connectivity index (χ2v) is 2.90. The van der Waals surface area contributed by atoms with Crippen molar-refractivity contribution in [2.24, 2.45) is 0 Å². The highest BCUT2D eigenvalue weighted by Gasteiger charge is 2.11. The molecule has 15 heavy (non-hydrogen) atoms. The second-order valence-electron chi connectivity index (χ2n) is 2.90. The van der Waals surface area contributed by atoms with Crippen molar-refractivity contribution in [2.45, 2.75) is 6.92 Å². The third-order valence-corrected chi connectivity index (χ3v) is 1.86. The van der Waals surface area contributed by atoms with E-state index in [1.54, 1.807) is 19.1 Å². The molecule has 0 saturated carbocycles. The lowest BCUT2D eigenvalue weighted by Gasteiger charge is -2.05. The van der Waals surface area contributed by atoms with Gasteiger partial charge in [-0.1, -0.05) is 43.0 Å². The Morgan fingerprint density at radius 2 is 2.07 bits per heavy atom. The summed E-state index contributed by atoms with van der Waals surface area (Å²) >= 11 is 0. The van der Waals surface area contributed by atoms with Gasteiger partial charge >= 0.3 is 5.97 Å². The smallest absolute Gasteiger partial charge is 0.338 e. The maximum atomic E-state index is 11.6. The minimum Gasteiger partial charge on any atom is -0.462 e. The third-order valence-electron chi connectivity index (χ3n) is 1.86. The summed E-state index contributed by atoms with van der Waals surface area (Å²) in [6, 6.07) is 9.40. The van der Waals surface area contributed by atoms with E-state index in [2.05, 4.69) is 6.58 Å². The topological polar surface area (TPSA) is 26.3 Å². The Hall–Kier alpha value is -1.83. The lowest BCUT2D eigenvalue weighted by Crippen LogP contribution is -2.06. The number of hydrogen-bond donors (Lipinski definition) is 0. The quantitative estimate of drug-likeness (QED) is 0.426. The molecule has 0 radical (unpaired) electrons. The molecule has 0 unspecified atom stereocenters. The average Bonchev–Trinajstić information content (AvgIpc) is 2.27. The summed E-state index contributed by atoms with van der Waals surface area (Å²) in [6.07, 6.45) is 3.24. The normalized spacial score (nSPS) is 10.9. The van der Waals surface area contributed by atoms with Crippen molar-refractivity contribution in [3.8, 4) is 0 Å². The van der Waals surface area contributed by atoms with Crippen LogP contribution >= 0.6 is 0 Å². The monoisotopic (exact) mass is 202 g/mol. The Morgan fingerprint density at radius 3 is 2.60 bits per heavy atom. The highest BCUT2D eigenvalue weighted by Crippen LogP contribution is 2.15. The number of ether oxygens (including phenoxy) is 1. The Kier molecular flexibility index (Phi) is 4.35. The molecular formula is C13H14O2. The highest BCUT2D eigenvalue weighted by atomic mass is 16.5. The van der Waals surface area contributed by atoms with Gasteiger partial charge < -0.3 is 4.74 Å². The summed E-state index contributed by atoms with van der Waals surface area (Å²) in [5.74, 6) is -0.316. The van der Waals surface area contributed by atoms with E-state index in [4.69, 9.17) is 4.74 Å². The molecule has 0 aromatic heterocycles. The Labute approximate surface area is 89.9 Å². The van der Waals surface area contributed by atoms with Gasteiger partial charge in [-0.3, -0.25) is 0 Å². The zero-order chi connectivity index (χ0) is 11.1. The summed E-state index contributed by atoms with van der Waals surface area (Å²) in [5.41, 5.74) is 1.38. The van der Waals surface area contributed by atoms with Gasteiger partial charge in [0, 0.05) is 0 Å². The molecule has 0 bridgehead atoms. The third kappa shape index (κ3) is 3.09. The molecule has 0 saturated heterocycles. The van der Waals surface area contributed by atoms with Crippen LogP contribution in [0.4, 0.5) is 0 Å². The van der Waals surface area contributed by atoms with E-state index in [0.717, 1.165) is 5.56 Å². The van der Waals surface area contributed by atoms with Crippen LogP contribution in [0.5, 0.6) is 0 Å². The molecule has 2 heteroatoms. The van der Waals surface area contributed by atoms with E-state index >= 15 is 0 Å². The molecule has 1 aromatic rings. The molecular weight excluding hydrogens is 188 g/mol.